The van der Waals surface area contributed by atoms with Crippen LogP contribution in [0.1, 0.15) is 5.82 Å². The van der Waals surface area contributed by atoms with Crippen LogP contribution in [0.4, 0.5) is 11.9 Å². The van der Waals surface area contributed by atoms with Crippen LogP contribution in [0.5, 0.6) is 0 Å². The van der Waals surface area contributed by atoms with Gasteiger partial charge in [-0.25, -0.2) is 0 Å². The Labute approximate surface area is 106 Å². The second-order valence-electron chi connectivity index (χ2n) is 4.91. The van der Waals surface area contributed by atoms with Crippen LogP contribution in [-0.2, 0) is 4.74 Å². The molecule has 1 fully saturated rings. The van der Waals surface area contributed by atoms with E-state index in [0.717, 1.165) is 0 Å². The predicted molar refractivity (Wildman–Crippen MR) is 67.7 cm³/mol. The highest BCUT2D eigenvalue weighted by atomic mass is 16.5. The topological polar surface area (TPSA) is 83.4 Å². The Kier molecular flexibility index (Phi) is 3.63. The lowest BCUT2D eigenvalue weighted by Crippen LogP contribution is -2.50. The SMILES string of the molecule is Cc1nc(NCC2(CO)COC2)nc(N(C)C)n1. The molecule has 0 unspecified atom stereocenters. The van der Waals surface area contributed by atoms with E-state index in [0.29, 0.717) is 37.5 Å². The molecule has 1 saturated heterocycles. The van der Waals surface area contributed by atoms with Gasteiger partial charge in [0.2, 0.25) is 11.9 Å². The summed E-state index contributed by atoms with van der Waals surface area (Å²) in [5, 5.41) is 12.5. The van der Waals surface area contributed by atoms with Crippen LogP contribution in [-0.4, -0.2) is 60.5 Å². The normalized spacial score (nSPS) is 17.1. The summed E-state index contributed by atoms with van der Waals surface area (Å²) >= 11 is 0. The third-order valence-corrected chi connectivity index (χ3v) is 2.91. The number of hydrogen-bond acceptors (Lipinski definition) is 7. The van der Waals surface area contributed by atoms with Gasteiger partial charge in [0.15, 0.2) is 0 Å². The van der Waals surface area contributed by atoms with Gasteiger partial charge in [-0.3, -0.25) is 0 Å². The summed E-state index contributed by atoms with van der Waals surface area (Å²) < 4.78 is 5.14. The molecule has 0 bridgehead atoms. The van der Waals surface area contributed by atoms with Crippen molar-refractivity contribution in [3.05, 3.63) is 5.82 Å². The number of aryl methyl sites for hydroxylation is 1. The number of aromatic nitrogens is 3. The van der Waals surface area contributed by atoms with Gasteiger partial charge in [0.1, 0.15) is 5.82 Å². The molecule has 0 spiro atoms. The number of aliphatic hydroxyl groups is 1. The van der Waals surface area contributed by atoms with Gasteiger partial charge in [-0.1, -0.05) is 0 Å². The quantitative estimate of drug-likeness (QED) is 0.743. The van der Waals surface area contributed by atoms with Gasteiger partial charge < -0.3 is 20.1 Å². The minimum Gasteiger partial charge on any atom is -0.396 e. The van der Waals surface area contributed by atoms with E-state index in [1.165, 1.54) is 0 Å². The van der Waals surface area contributed by atoms with Gasteiger partial charge in [0, 0.05) is 20.6 Å². The van der Waals surface area contributed by atoms with E-state index in [9.17, 15) is 5.11 Å². The highest BCUT2D eigenvalue weighted by molar-refractivity contribution is 5.35. The minimum atomic E-state index is -0.196. The van der Waals surface area contributed by atoms with Crippen molar-refractivity contribution in [2.75, 3.05) is 50.7 Å². The maximum Gasteiger partial charge on any atom is 0.229 e. The third-order valence-electron chi connectivity index (χ3n) is 2.91. The maximum atomic E-state index is 9.33. The Morgan fingerprint density at radius 2 is 2.06 bits per heavy atom. The summed E-state index contributed by atoms with van der Waals surface area (Å²) in [5.41, 5.74) is -0.196. The molecule has 18 heavy (non-hydrogen) atoms. The first-order valence-corrected chi connectivity index (χ1v) is 5.87. The second kappa shape index (κ2) is 5.03. The zero-order valence-electron chi connectivity index (χ0n) is 11.0. The summed E-state index contributed by atoms with van der Waals surface area (Å²) in [7, 11) is 3.76. The number of ether oxygens (including phenoxy) is 1. The number of anilines is 2. The summed E-state index contributed by atoms with van der Waals surface area (Å²) in [4.78, 5) is 14.6. The van der Waals surface area contributed by atoms with Crippen molar-refractivity contribution in [3.8, 4) is 0 Å². The highest BCUT2D eigenvalue weighted by Gasteiger charge is 2.38. The van der Waals surface area contributed by atoms with Crippen molar-refractivity contribution in [1.29, 1.82) is 0 Å². The molecule has 2 N–H and O–H groups in total. The second-order valence-corrected chi connectivity index (χ2v) is 4.91. The van der Waals surface area contributed by atoms with Gasteiger partial charge in [-0.15, -0.1) is 0 Å². The summed E-state index contributed by atoms with van der Waals surface area (Å²) in [6, 6.07) is 0. The Bertz CT molecular complexity index is 414. The standard InChI is InChI=1S/C11H19N5O2/c1-8-13-9(15-10(14-8)16(2)3)12-4-11(5-17)6-18-7-11/h17H,4-7H2,1-3H3,(H,12,13,14,15). The number of nitrogens with one attached hydrogen (secondary N) is 1. The molecule has 1 aliphatic heterocycles. The number of nitrogens with zero attached hydrogens (tertiary/aromatic N) is 4. The number of rotatable bonds is 5. The van der Waals surface area contributed by atoms with Crippen molar-refractivity contribution in [3.63, 3.8) is 0 Å². The van der Waals surface area contributed by atoms with E-state index in [1.54, 1.807) is 0 Å². The van der Waals surface area contributed by atoms with Crippen LogP contribution < -0.4 is 10.2 Å². The maximum absolute atomic E-state index is 9.33. The lowest BCUT2D eigenvalue weighted by Gasteiger charge is -2.39. The molecule has 0 aromatic carbocycles. The molecular weight excluding hydrogens is 234 g/mol. The molecule has 1 aliphatic rings. The first-order chi connectivity index (χ1) is 8.54. The first-order valence-electron chi connectivity index (χ1n) is 5.87. The van der Waals surface area contributed by atoms with Crippen LogP contribution >= 0.6 is 0 Å². The Morgan fingerprint density at radius 3 is 2.56 bits per heavy atom. The van der Waals surface area contributed by atoms with Crippen LogP contribution in [0.15, 0.2) is 0 Å². The molecule has 0 atom stereocenters. The molecule has 0 amide bonds. The van der Waals surface area contributed by atoms with Crippen molar-refractivity contribution in [1.82, 2.24) is 15.0 Å². The molecule has 0 saturated carbocycles. The Hall–Kier alpha value is -1.47. The van der Waals surface area contributed by atoms with Gasteiger partial charge >= 0.3 is 0 Å². The smallest absolute Gasteiger partial charge is 0.229 e. The van der Waals surface area contributed by atoms with Crippen LogP contribution in [0, 0.1) is 12.3 Å². The average molecular weight is 253 g/mol. The molecule has 1 aromatic heterocycles. The predicted octanol–water partition coefficient (Wildman–Crippen LogP) is -0.333. The molecule has 2 rings (SSSR count). The number of hydrogen-bond donors (Lipinski definition) is 2. The van der Waals surface area contributed by atoms with E-state index >= 15 is 0 Å². The van der Waals surface area contributed by atoms with Crippen molar-refractivity contribution >= 4 is 11.9 Å². The van der Waals surface area contributed by atoms with Gasteiger partial charge in [-0.2, -0.15) is 15.0 Å². The van der Waals surface area contributed by atoms with Crippen LogP contribution in [0.25, 0.3) is 0 Å². The molecule has 2 heterocycles. The van der Waals surface area contributed by atoms with Gasteiger partial charge in [0.25, 0.3) is 0 Å². The first kappa shape index (κ1) is 13.0. The van der Waals surface area contributed by atoms with Crippen molar-refractivity contribution in [2.24, 2.45) is 5.41 Å². The van der Waals surface area contributed by atoms with Crippen LogP contribution in [0.3, 0.4) is 0 Å². The Morgan fingerprint density at radius 1 is 1.33 bits per heavy atom. The lowest BCUT2D eigenvalue weighted by molar-refractivity contribution is -0.128. The van der Waals surface area contributed by atoms with Crippen LogP contribution in [0.2, 0.25) is 0 Å². The fourth-order valence-electron chi connectivity index (χ4n) is 1.65. The summed E-state index contributed by atoms with van der Waals surface area (Å²) in [6.07, 6.45) is 0. The fraction of sp³-hybridized carbons (Fsp3) is 0.727. The largest absolute Gasteiger partial charge is 0.396 e. The van der Waals surface area contributed by atoms with Crippen molar-refractivity contribution in [2.45, 2.75) is 6.92 Å². The van der Waals surface area contributed by atoms with E-state index in [2.05, 4.69) is 20.3 Å². The summed E-state index contributed by atoms with van der Waals surface area (Å²) in [5.74, 6) is 1.82. The molecule has 7 heteroatoms. The summed E-state index contributed by atoms with van der Waals surface area (Å²) in [6.45, 7) is 3.67. The van der Waals surface area contributed by atoms with Gasteiger partial charge in [-0.05, 0) is 6.92 Å². The molecule has 100 valence electrons. The van der Waals surface area contributed by atoms with E-state index in [4.69, 9.17) is 4.74 Å². The number of aliphatic hydroxyl groups excluding tert-OH is 1. The average Bonchev–Trinajstić information content (AvgIpc) is 2.27. The fourth-order valence-corrected chi connectivity index (χ4v) is 1.65. The molecule has 0 radical (unpaired) electrons. The minimum absolute atomic E-state index is 0.102. The highest BCUT2D eigenvalue weighted by Crippen LogP contribution is 2.26. The van der Waals surface area contributed by atoms with Gasteiger partial charge in [0.05, 0.1) is 25.2 Å². The molecule has 7 nitrogen and oxygen atoms in total. The van der Waals surface area contributed by atoms with E-state index < -0.39 is 0 Å². The Balaban J connectivity index is 2.05. The lowest BCUT2D eigenvalue weighted by atomic mass is 9.87. The molecule has 0 aliphatic carbocycles. The zero-order valence-corrected chi connectivity index (χ0v) is 11.0. The van der Waals surface area contributed by atoms with E-state index in [1.807, 2.05) is 25.9 Å². The molecule has 1 aromatic rings. The third kappa shape index (κ3) is 2.68. The molecular formula is C11H19N5O2. The van der Waals surface area contributed by atoms with Crippen molar-refractivity contribution < 1.29 is 9.84 Å². The van der Waals surface area contributed by atoms with E-state index in [-0.39, 0.29) is 12.0 Å². The monoisotopic (exact) mass is 253 g/mol. The zero-order chi connectivity index (χ0) is 13.2.